The molecule has 2 aromatic carbocycles. The van der Waals surface area contributed by atoms with Gasteiger partial charge in [0.1, 0.15) is 17.6 Å². The van der Waals surface area contributed by atoms with E-state index in [-0.39, 0.29) is 24.1 Å². The minimum absolute atomic E-state index is 0.195. The van der Waals surface area contributed by atoms with E-state index in [2.05, 4.69) is 10.1 Å². The van der Waals surface area contributed by atoms with Crippen LogP contribution in [0.15, 0.2) is 57.9 Å². The van der Waals surface area contributed by atoms with Crippen molar-refractivity contribution in [3.63, 3.8) is 0 Å². The molecule has 3 aromatic rings. The van der Waals surface area contributed by atoms with Gasteiger partial charge in [0.2, 0.25) is 10.0 Å². The summed E-state index contributed by atoms with van der Waals surface area (Å²) in [6.07, 6.45) is 0.264. The van der Waals surface area contributed by atoms with Crippen LogP contribution < -0.4 is 9.47 Å². The minimum Gasteiger partial charge on any atom is -0.497 e. The smallest absolute Gasteiger partial charge is 0.261 e. The Morgan fingerprint density at radius 1 is 1.13 bits per heavy atom. The van der Waals surface area contributed by atoms with Gasteiger partial charge in [-0.2, -0.15) is 9.29 Å². The van der Waals surface area contributed by atoms with Crippen LogP contribution in [0.5, 0.6) is 11.5 Å². The zero-order chi connectivity index (χ0) is 21.8. The number of aromatic nitrogens is 2. The number of methoxy groups -OCH3 is 2. The van der Waals surface area contributed by atoms with Gasteiger partial charge < -0.3 is 18.7 Å². The molecule has 0 radical (unpaired) electrons. The van der Waals surface area contributed by atoms with E-state index in [4.69, 9.17) is 18.7 Å². The van der Waals surface area contributed by atoms with Gasteiger partial charge in [-0.05, 0) is 24.3 Å². The molecule has 0 saturated carbocycles. The number of sulfonamides is 1. The third-order valence-corrected chi connectivity index (χ3v) is 6.73. The maximum absolute atomic E-state index is 12.8. The zero-order valence-electron chi connectivity index (χ0n) is 17.2. The van der Waals surface area contributed by atoms with E-state index in [0.717, 1.165) is 0 Å². The third-order valence-electron chi connectivity index (χ3n) is 4.90. The van der Waals surface area contributed by atoms with Gasteiger partial charge in [0.05, 0.1) is 37.3 Å². The molecule has 0 spiro atoms. The Bertz CT molecular complexity index is 1140. The Kier molecular flexibility index (Phi) is 6.21. The average molecular weight is 445 g/mol. The van der Waals surface area contributed by atoms with Gasteiger partial charge in [-0.1, -0.05) is 23.4 Å². The Balaban J connectivity index is 1.43. The number of ether oxygens (including phenoxy) is 3. The normalized spacial score (nSPS) is 14.9. The van der Waals surface area contributed by atoms with Crippen molar-refractivity contribution in [1.82, 2.24) is 14.4 Å². The quantitative estimate of drug-likeness (QED) is 0.495. The molecule has 9 nitrogen and oxygen atoms in total. The van der Waals surface area contributed by atoms with E-state index in [0.29, 0.717) is 41.8 Å². The monoisotopic (exact) mass is 445 g/mol. The fraction of sp³-hybridized carbons (Fsp3) is 0.333. The topological polar surface area (TPSA) is 104 Å². The highest BCUT2D eigenvalue weighted by Crippen LogP contribution is 2.32. The summed E-state index contributed by atoms with van der Waals surface area (Å²) < 4.78 is 48.6. The van der Waals surface area contributed by atoms with Gasteiger partial charge in [0.15, 0.2) is 5.82 Å². The van der Waals surface area contributed by atoms with E-state index in [1.807, 2.05) is 18.2 Å². The number of para-hydroxylation sites is 1. The zero-order valence-corrected chi connectivity index (χ0v) is 18.0. The number of nitrogens with zero attached hydrogens (tertiary/aromatic N) is 3. The van der Waals surface area contributed by atoms with Gasteiger partial charge in [-0.3, -0.25) is 0 Å². The summed E-state index contributed by atoms with van der Waals surface area (Å²) >= 11 is 0. The highest BCUT2D eigenvalue weighted by molar-refractivity contribution is 7.89. The first-order valence-electron chi connectivity index (χ1n) is 9.73. The van der Waals surface area contributed by atoms with Gasteiger partial charge >= 0.3 is 0 Å². The van der Waals surface area contributed by atoms with Crippen molar-refractivity contribution in [3.05, 3.63) is 54.4 Å². The highest BCUT2D eigenvalue weighted by atomic mass is 32.2. The minimum atomic E-state index is -3.61. The SMILES string of the molecule is COCCc1noc(-c2ccccc2OC2CN(S(=O)(=O)c3cccc(OC)c3)C2)n1. The second kappa shape index (κ2) is 9.04. The van der Waals surface area contributed by atoms with Crippen molar-refractivity contribution in [2.24, 2.45) is 0 Å². The van der Waals surface area contributed by atoms with Crippen molar-refractivity contribution in [2.75, 3.05) is 33.9 Å². The predicted octanol–water partition coefficient (Wildman–Crippen LogP) is 2.39. The Morgan fingerprint density at radius 2 is 1.94 bits per heavy atom. The van der Waals surface area contributed by atoms with E-state index < -0.39 is 10.0 Å². The van der Waals surface area contributed by atoms with Crippen molar-refractivity contribution >= 4 is 10.0 Å². The molecule has 0 atom stereocenters. The van der Waals surface area contributed by atoms with E-state index in [1.54, 1.807) is 31.4 Å². The molecule has 10 heteroatoms. The lowest BCUT2D eigenvalue weighted by molar-refractivity contribution is 0.0765. The molecule has 1 fully saturated rings. The second-order valence-corrected chi connectivity index (χ2v) is 8.93. The molecule has 164 valence electrons. The predicted molar refractivity (Wildman–Crippen MR) is 111 cm³/mol. The van der Waals surface area contributed by atoms with E-state index >= 15 is 0 Å². The summed E-state index contributed by atoms with van der Waals surface area (Å²) in [5.41, 5.74) is 0.660. The second-order valence-electron chi connectivity index (χ2n) is 7.00. The first kappa shape index (κ1) is 21.3. The Labute approximate surface area is 180 Å². The lowest BCUT2D eigenvalue weighted by Gasteiger charge is -2.38. The maximum Gasteiger partial charge on any atom is 0.261 e. The van der Waals surface area contributed by atoms with Crippen LogP contribution in [-0.4, -0.2) is 62.9 Å². The summed E-state index contributed by atoms with van der Waals surface area (Å²) in [6, 6.07) is 13.7. The summed E-state index contributed by atoms with van der Waals surface area (Å²) in [5, 5.41) is 3.96. The molecule has 31 heavy (non-hydrogen) atoms. The lowest BCUT2D eigenvalue weighted by atomic mass is 10.2. The fourth-order valence-corrected chi connectivity index (χ4v) is 4.70. The van der Waals surface area contributed by atoms with Crippen LogP contribution in [0.2, 0.25) is 0 Å². The number of rotatable bonds is 9. The van der Waals surface area contributed by atoms with Crippen LogP contribution in [-0.2, 0) is 21.2 Å². The Morgan fingerprint density at radius 3 is 2.71 bits per heavy atom. The summed E-state index contributed by atoms with van der Waals surface area (Å²) in [6.45, 7) is 0.990. The molecule has 0 amide bonds. The number of hydrogen-bond donors (Lipinski definition) is 0. The van der Waals surface area contributed by atoms with E-state index in [9.17, 15) is 8.42 Å². The van der Waals surface area contributed by atoms with Crippen LogP contribution in [0, 0.1) is 0 Å². The van der Waals surface area contributed by atoms with E-state index in [1.165, 1.54) is 17.5 Å². The molecule has 1 aromatic heterocycles. The number of hydrogen-bond acceptors (Lipinski definition) is 8. The maximum atomic E-state index is 12.8. The standard InChI is InChI=1S/C21H23N3O6S/c1-27-11-10-20-22-21(30-23-20)18-8-3-4-9-19(18)29-16-13-24(14-16)31(25,26)17-7-5-6-15(12-17)28-2/h3-9,12,16H,10-11,13-14H2,1-2H3. The van der Waals surface area contributed by atoms with Crippen molar-refractivity contribution in [1.29, 1.82) is 0 Å². The molecule has 0 bridgehead atoms. The first-order chi connectivity index (χ1) is 15.0. The number of benzene rings is 2. The van der Waals surface area contributed by atoms with Crippen molar-refractivity contribution in [3.8, 4) is 23.0 Å². The average Bonchev–Trinajstić information content (AvgIpc) is 3.23. The van der Waals surface area contributed by atoms with Crippen LogP contribution in [0.3, 0.4) is 0 Å². The summed E-state index contributed by atoms with van der Waals surface area (Å²) in [7, 11) is -0.495. The van der Waals surface area contributed by atoms with Crippen molar-refractivity contribution < 1.29 is 27.2 Å². The van der Waals surface area contributed by atoms with Crippen LogP contribution >= 0.6 is 0 Å². The van der Waals surface area contributed by atoms with Crippen LogP contribution in [0.4, 0.5) is 0 Å². The molecule has 0 N–H and O–H groups in total. The fourth-order valence-electron chi connectivity index (χ4n) is 3.17. The van der Waals surface area contributed by atoms with Gasteiger partial charge in [0.25, 0.3) is 5.89 Å². The first-order valence-corrected chi connectivity index (χ1v) is 11.2. The highest BCUT2D eigenvalue weighted by Gasteiger charge is 2.38. The molecular weight excluding hydrogens is 422 g/mol. The molecule has 2 heterocycles. The molecule has 1 aliphatic heterocycles. The van der Waals surface area contributed by atoms with Gasteiger partial charge in [-0.15, -0.1) is 0 Å². The Hall–Kier alpha value is -2.95. The molecular formula is C21H23N3O6S. The summed E-state index contributed by atoms with van der Waals surface area (Å²) in [5.74, 6) is 1.95. The van der Waals surface area contributed by atoms with Crippen LogP contribution in [0.25, 0.3) is 11.5 Å². The van der Waals surface area contributed by atoms with Gasteiger partial charge in [0, 0.05) is 19.6 Å². The van der Waals surface area contributed by atoms with Crippen LogP contribution in [0.1, 0.15) is 5.82 Å². The third kappa shape index (κ3) is 4.55. The summed E-state index contributed by atoms with van der Waals surface area (Å²) in [4.78, 5) is 4.58. The molecule has 1 aliphatic rings. The molecule has 0 unspecified atom stereocenters. The van der Waals surface area contributed by atoms with Crippen molar-refractivity contribution in [2.45, 2.75) is 17.4 Å². The van der Waals surface area contributed by atoms with Gasteiger partial charge in [-0.25, -0.2) is 8.42 Å². The molecule has 4 rings (SSSR count). The molecule has 1 saturated heterocycles. The largest absolute Gasteiger partial charge is 0.497 e. The lowest BCUT2D eigenvalue weighted by Crippen LogP contribution is -2.55. The molecule has 0 aliphatic carbocycles.